The van der Waals surface area contributed by atoms with Gasteiger partial charge in [0.2, 0.25) is 0 Å². The molecule has 0 aliphatic rings. The van der Waals surface area contributed by atoms with Crippen molar-refractivity contribution in [3.63, 3.8) is 0 Å². The molecule has 0 aliphatic carbocycles. The monoisotopic (exact) mass is 335 g/mol. The molecule has 0 saturated heterocycles. The number of rotatable bonds is 4. The van der Waals surface area contributed by atoms with Crippen molar-refractivity contribution in [3.05, 3.63) is 65.4 Å². The second-order valence-corrected chi connectivity index (χ2v) is 6.10. The van der Waals surface area contributed by atoms with E-state index in [1.807, 2.05) is 50.2 Å². The Hall–Kier alpha value is -3.08. The minimum atomic E-state index is -0.186. The van der Waals surface area contributed by atoms with E-state index in [0.29, 0.717) is 5.69 Å². The first-order valence-electron chi connectivity index (χ1n) is 8.04. The summed E-state index contributed by atoms with van der Waals surface area (Å²) in [6.45, 7) is 4.02. The normalized spacial score (nSPS) is 10.6. The van der Waals surface area contributed by atoms with Crippen molar-refractivity contribution in [1.29, 1.82) is 0 Å². The summed E-state index contributed by atoms with van der Waals surface area (Å²) in [4.78, 5) is 12.6. The van der Waals surface area contributed by atoms with Gasteiger partial charge in [-0.05, 0) is 55.3 Å². The van der Waals surface area contributed by atoms with Crippen molar-refractivity contribution < 1.29 is 9.53 Å². The summed E-state index contributed by atoms with van der Waals surface area (Å²) in [5.74, 6) is 0.568. The number of carbonyl (C=O) groups is 1. The lowest BCUT2D eigenvalue weighted by Crippen LogP contribution is -2.16. The number of aryl methyl sites for hydroxylation is 3. The number of hydrogen-bond acceptors (Lipinski definition) is 3. The lowest BCUT2D eigenvalue weighted by atomic mass is 10.1. The first-order chi connectivity index (χ1) is 12.0. The third kappa shape index (κ3) is 3.71. The number of anilines is 1. The fourth-order valence-electron chi connectivity index (χ4n) is 2.85. The molecule has 0 radical (unpaired) electrons. The zero-order chi connectivity index (χ0) is 18.0. The van der Waals surface area contributed by atoms with Gasteiger partial charge in [0.1, 0.15) is 11.4 Å². The van der Waals surface area contributed by atoms with E-state index in [0.717, 1.165) is 33.8 Å². The molecule has 0 spiro atoms. The molecule has 0 aliphatic heterocycles. The average molecular weight is 335 g/mol. The van der Waals surface area contributed by atoms with Gasteiger partial charge in [-0.3, -0.25) is 9.48 Å². The third-order valence-electron chi connectivity index (χ3n) is 3.96. The predicted molar refractivity (Wildman–Crippen MR) is 99.1 cm³/mol. The summed E-state index contributed by atoms with van der Waals surface area (Å²) in [6, 6.07) is 15.4. The Morgan fingerprint density at radius 2 is 1.80 bits per heavy atom. The second kappa shape index (κ2) is 6.81. The van der Waals surface area contributed by atoms with E-state index in [2.05, 4.69) is 16.5 Å². The summed E-state index contributed by atoms with van der Waals surface area (Å²) in [7, 11) is 3.39. The van der Waals surface area contributed by atoms with Crippen molar-refractivity contribution in [3.8, 4) is 17.0 Å². The van der Waals surface area contributed by atoms with Crippen molar-refractivity contribution >= 4 is 11.6 Å². The zero-order valence-corrected chi connectivity index (χ0v) is 14.8. The van der Waals surface area contributed by atoms with Gasteiger partial charge in [0.05, 0.1) is 12.8 Å². The highest BCUT2D eigenvalue weighted by Gasteiger charge is 2.15. The number of benzene rings is 2. The molecule has 0 bridgehead atoms. The molecule has 1 heterocycles. The number of methoxy groups -OCH3 is 1. The van der Waals surface area contributed by atoms with E-state index < -0.39 is 0 Å². The predicted octanol–water partition coefficient (Wildman–Crippen LogP) is 3.96. The minimum absolute atomic E-state index is 0.186. The van der Waals surface area contributed by atoms with E-state index >= 15 is 0 Å². The second-order valence-electron chi connectivity index (χ2n) is 6.10. The number of hydrogen-bond donors (Lipinski definition) is 1. The van der Waals surface area contributed by atoms with Crippen molar-refractivity contribution in [2.24, 2.45) is 7.05 Å². The largest absolute Gasteiger partial charge is 0.497 e. The van der Waals surface area contributed by atoms with Crippen LogP contribution in [0.25, 0.3) is 11.3 Å². The fraction of sp³-hybridized carbons (Fsp3) is 0.200. The molecule has 5 heteroatoms. The molecular weight excluding hydrogens is 314 g/mol. The van der Waals surface area contributed by atoms with Crippen LogP contribution >= 0.6 is 0 Å². The maximum absolute atomic E-state index is 12.6. The molecule has 0 fully saturated rings. The topological polar surface area (TPSA) is 56.1 Å². The van der Waals surface area contributed by atoms with Gasteiger partial charge >= 0.3 is 0 Å². The first kappa shape index (κ1) is 16.8. The SMILES string of the molecule is COc1cccc(-c2cc(C(=O)Nc3cc(C)cc(C)c3)n(C)n2)c1. The number of ether oxygens (including phenoxy) is 1. The maximum atomic E-state index is 12.6. The summed E-state index contributed by atoms with van der Waals surface area (Å²) in [5.41, 5.74) is 5.13. The number of nitrogens with zero attached hydrogens (tertiary/aromatic N) is 2. The van der Waals surface area contributed by atoms with Crippen LogP contribution in [-0.4, -0.2) is 22.8 Å². The van der Waals surface area contributed by atoms with Crippen LogP contribution in [0, 0.1) is 13.8 Å². The highest BCUT2D eigenvalue weighted by Crippen LogP contribution is 2.24. The quantitative estimate of drug-likeness (QED) is 0.785. The van der Waals surface area contributed by atoms with Crippen LogP contribution in [0.4, 0.5) is 5.69 Å². The molecule has 128 valence electrons. The van der Waals surface area contributed by atoms with Crippen molar-refractivity contribution in [2.75, 3.05) is 12.4 Å². The smallest absolute Gasteiger partial charge is 0.273 e. The molecule has 5 nitrogen and oxygen atoms in total. The van der Waals surface area contributed by atoms with Crippen LogP contribution < -0.4 is 10.1 Å². The fourth-order valence-corrected chi connectivity index (χ4v) is 2.85. The summed E-state index contributed by atoms with van der Waals surface area (Å²) < 4.78 is 6.84. The van der Waals surface area contributed by atoms with E-state index in [4.69, 9.17) is 4.74 Å². The summed E-state index contributed by atoms with van der Waals surface area (Å²) in [5, 5.41) is 7.40. The molecule has 1 aromatic heterocycles. The Labute approximate surface area is 147 Å². The molecule has 3 aromatic rings. The highest BCUT2D eigenvalue weighted by atomic mass is 16.5. The van der Waals surface area contributed by atoms with E-state index in [9.17, 15) is 4.79 Å². The van der Waals surface area contributed by atoms with Gasteiger partial charge in [-0.15, -0.1) is 0 Å². The standard InChI is InChI=1S/C20H21N3O2/c1-13-8-14(2)10-16(9-13)21-20(24)19-12-18(22-23(19)3)15-6-5-7-17(11-15)25-4/h5-12H,1-4H3,(H,21,24). The van der Waals surface area contributed by atoms with Crippen molar-refractivity contribution in [1.82, 2.24) is 9.78 Å². The Balaban J connectivity index is 1.87. The third-order valence-corrected chi connectivity index (χ3v) is 3.96. The summed E-state index contributed by atoms with van der Waals surface area (Å²) >= 11 is 0. The lowest BCUT2D eigenvalue weighted by Gasteiger charge is -2.07. The molecule has 0 atom stereocenters. The van der Waals surface area contributed by atoms with Gasteiger partial charge in [0.25, 0.3) is 5.91 Å². The molecule has 3 rings (SSSR count). The van der Waals surface area contributed by atoms with Crippen LogP contribution in [0.2, 0.25) is 0 Å². The molecule has 25 heavy (non-hydrogen) atoms. The Bertz CT molecular complexity index is 908. The van der Waals surface area contributed by atoms with Gasteiger partial charge in [-0.25, -0.2) is 0 Å². The van der Waals surface area contributed by atoms with E-state index in [-0.39, 0.29) is 5.91 Å². The van der Waals surface area contributed by atoms with Crippen LogP contribution in [0.15, 0.2) is 48.5 Å². The Morgan fingerprint density at radius 3 is 2.48 bits per heavy atom. The first-order valence-corrected chi connectivity index (χ1v) is 8.04. The van der Waals surface area contributed by atoms with Gasteiger partial charge in [-0.2, -0.15) is 5.10 Å². The Morgan fingerprint density at radius 1 is 1.08 bits per heavy atom. The maximum Gasteiger partial charge on any atom is 0.273 e. The average Bonchev–Trinajstić information content (AvgIpc) is 2.96. The number of carbonyl (C=O) groups excluding carboxylic acids is 1. The van der Waals surface area contributed by atoms with Crippen LogP contribution in [0.3, 0.4) is 0 Å². The van der Waals surface area contributed by atoms with Gasteiger partial charge in [-0.1, -0.05) is 18.2 Å². The van der Waals surface area contributed by atoms with E-state index in [1.54, 1.807) is 24.9 Å². The van der Waals surface area contributed by atoms with Crippen LogP contribution in [0.5, 0.6) is 5.75 Å². The van der Waals surface area contributed by atoms with Gasteiger partial charge in [0, 0.05) is 18.3 Å². The number of nitrogens with one attached hydrogen (secondary N) is 1. The van der Waals surface area contributed by atoms with E-state index in [1.165, 1.54) is 0 Å². The number of aromatic nitrogens is 2. The summed E-state index contributed by atoms with van der Waals surface area (Å²) in [6.07, 6.45) is 0. The van der Waals surface area contributed by atoms with Gasteiger partial charge < -0.3 is 10.1 Å². The zero-order valence-electron chi connectivity index (χ0n) is 14.8. The molecule has 0 saturated carbocycles. The lowest BCUT2D eigenvalue weighted by molar-refractivity contribution is 0.101. The molecule has 1 N–H and O–H groups in total. The van der Waals surface area contributed by atoms with Crippen LogP contribution in [-0.2, 0) is 7.05 Å². The highest BCUT2D eigenvalue weighted by molar-refractivity contribution is 6.03. The minimum Gasteiger partial charge on any atom is -0.497 e. The number of amides is 1. The van der Waals surface area contributed by atoms with Crippen molar-refractivity contribution in [2.45, 2.75) is 13.8 Å². The Kier molecular flexibility index (Phi) is 4.57. The molecular formula is C20H21N3O2. The molecule has 0 unspecified atom stereocenters. The molecule has 1 amide bonds. The van der Waals surface area contributed by atoms with Gasteiger partial charge in [0.15, 0.2) is 0 Å². The van der Waals surface area contributed by atoms with Crippen LogP contribution in [0.1, 0.15) is 21.6 Å². The molecule has 2 aromatic carbocycles.